The van der Waals surface area contributed by atoms with E-state index in [2.05, 4.69) is 38.0 Å². The molecule has 6 nitrogen and oxygen atoms in total. The Hall–Kier alpha value is -1.95. The van der Waals surface area contributed by atoms with Crippen LogP contribution < -0.4 is 5.32 Å². The highest BCUT2D eigenvalue weighted by Crippen LogP contribution is 2.68. The monoisotopic (exact) mass is 290 g/mol. The number of hydrogen-bond acceptors (Lipinski definition) is 4. The van der Waals surface area contributed by atoms with Crippen LogP contribution in [0.3, 0.4) is 0 Å². The van der Waals surface area contributed by atoms with Crippen molar-refractivity contribution in [3.8, 4) is 0 Å². The van der Waals surface area contributed by atoms with Crippen molar-refractivity contribution in [3.63, 3.8) is 0 Å². The number of nitrogens with zero attached hydrogens (tertiary/aromatic N) is 2. The number of amidine groups is 1. The zero-order chi connectivity index (χ0) is 16.0. The summed E-state index contributed by atoms with van der Waals surface area (Å²) in [4.78, 5) is 16.4. The molecule has 1 heterocycles. The van der Waals surface area contributed by atoms with Crippen LogP contribution in [0.1, 0.15) is 33.3 Å². The van der Waals surface area contributed by atoms with E-state index in [-0.39, 0.29) is 28.5 Å². The second-order valence-electron chi connectivity index (χ2n) is 6.67. The van der Waals surface area contributed by atoms with Gasteiger partial charge < -0.3 is 5.32 Å². The quantitative estimate of drug-likeness (QED) is 0.453. The third-order valence-electron chi connectivity index (χ3n) is 4.89. The van der Waals surface area contributed by atoms with Crippen molar-refractivity contribution in [3.05, 3.63) is 23.9 Å². The van der Waals surface area contributed by atoms with E-state index < -0.39 is 0 Å². The highest BCUT2D eigenvalue weighted by Gasteiger charge is 2.68. The predicted octanol–water partition coefficient (Wildman–Crippen LogP) is 2.35. The highest BCUT2D eigenvalue weighted by atomic mass is 16.5. The first kappa shape index (κ1) is 15.4. The molecule has 114 valence electrons. The summed E-state index contributed by atoms with van der Waals surface area (Å²) in [5, 5.41) is 20.4. The van der Waals surface area contributed by atoms with Crippen molar-refractivity contribution >= 4 is 17.6 Å². The molecule has 0 spiro atoms. The fraction of sp³-hybridized carbons (Fsp3) is 0.533. The molecule has 1 aliphatic rings. The minimum Gasteiger partial charge on any atom is -0.310 e. The van der Waals surface area contributed by atoms with Crippen LogP contribution in [0, 0.1) is 22.2 Å². The molecule has 6 heteroatoms. The van der Waals surface area contributed by atoms with Crippen LogP contribution in [-0.4, -0.2) is 34.0 Å². The first-order valence-corrected chi connectivity index (χ1v) is 6.87. The first-order chi connectivity index (χ1) is 9.59. The van der Waals surface area contributed by atoms with Gasteiger partial charge in [0.05, 0.1) is 0 Å². The molecular formula is C15H22N4O2. The lowest BCUT2D eigenvalue weighted by molar-refractivity contribution is -0.118. The van der Waals surface area contributed by atoms with E-state index in [9.17, 15) is 10.0 Å². The molecule has 1 fully saturated rings. The molecule has 2 rings (SSSR count). The number of nitrogens with one attached hydrogen (secondary N) is 2. The van der Waals surface area contributed by atoms with Crippen LogP contribution in [0.15, 0.2) is 18.3 Å². The number of hydrogen-bond donors (Lipinski definition) is 3. The fourth-order valence-electron chi connectivity index (χ4n) is 2.84. The summed E-state index contributed by atoms with van der Waals surface area (Å²) < 4.78 is 0. The van der Waals surface area contributed by atoms with E-state index in [4.69, 9.17) is 5.41 Å². The zero-order valence-electron chi connectivity index (χ0n) is 13.1. The Morgan fingerprint density at radius 3 is 2.29 bits per heavy atom. The molecule has 0 aromatic carbocycles. The number of carbonyl (C=O) groups excluding carboxylic acids is 1. The third kappa shape index (κ3) is 2.51. The van der Waals surface area contributed by atoms with Gasteiger partial charge in [-0.15, -0.1) is 0 Å². The molecule has 0 aliphatic heterocycles. The number of hydroxylamine groups is 2. The summed E-state index contributed by atoms with van der Waals surface area (Å²) >= 11 is 0. The van der Waals surface area contributed by atoms with Gasteiger partial charge in [-0.3, -0.25) is 15.4 Å². The Kier molecular flexibility index (Phi) is 3.53. The van der Waals surface area contributed by atoms with Crippen molar-refractivity contribution in [2.45, 2.75) is 27.7 Å². The maximum atomic E-state index is 12.3. The second-order valence-corrected chi connectivity index (χ2v) is 6.67. The molecule has 1 amide bonds. The summed E-state index contributed by atoms with van der Waals surface area (Å²) in [6.45, 7) is 8.36. The molecule has 1 aromatic rings. The van der Waals surface area contributed by atoms with E-state index in [0.29, 0.717) is 16.4 Å². The average molecular weight is 290 g/mol. The van der Waals surface area contributed by atoms with E-state index in [1.807, 2.05) is 0 Å². The van der Waals surface area contributed by atoms with Crippen LogP contribution in [-0.2, 0) is 4.79 Å². The van der Waals surface area contributed by atoms with Gasteiger partial charge in [0.1, 0.15) is 5.82 Å². The van der Waals surface area contributed by atoms with E-state index in [1.165, 1.54) is 13.2 Å². The minimum absolute atomic E-state index is 0.0151. The maximum Gasteiger partial charge on any atom is 0.229 e. The smallest absolute Gasteiger partial charge is 0.229 e. The number of rotatable bonds is 3. The van der Waals surface area contributed by atoms with Crippen LogP contribution >= 0.6 is 0 Å². The molecule has 1 aromatic heterocycles. The SMILES string of the molecule is CN(O)C(=N)c1ccc(NC(=O)C2C(C)(C)C2(C)C)nc1. The number of carbonyl (C=O) groups is 1. The average Bonchev–Trinajstić information content (AvgIpc) is 2.79. The van der Waals surface area contributed by atoms with E-state index >= 15 is 0 Å². The number of aromatic nitrogens is 1. The van der Waals surface area contributed by atoms with E-state index in [1.54, 1.807) is 12.1 Å². The normalized spacial score (nSPS) is 19.0. The molecule has 3 N–H and O–H groups in total. The Balaban J connectivity index is 2.05. The molecular weight excluding hydrogens is 268 g/mol. The summed E-state index contributed by atoms with van der Waals surface area (Å²) in [6, 6.07) is 3.27. The summed E-state index contributed by atoms with van der Waals surface area (Å²) in [6.07, 6.45) is 1.45. The first-order valence-electron chi connectivity index (χ1n) is 6.87. The summed E-state index contributed by atoms with van der Waals surface area (Å²) in [5.74, 6) is 0.341. The molecule has 1 aliphatic carbocycles. The van der Waals surface area contributed by atoms with Crippen molar-refractivity contribution in [2.75, 3.05) is 12.4 Å². The summed E-state index contributed by atoms with van der Waals surface area (Å²) in [5.41, 5.74) is 0.447. The molecule has 0 atom stereocenters. The van der Waals surface area contributed by atoms with Crippen LogP contribution in [0.25, 0.3) is 0 Å². The Labute approximate surface area is 124 Å². The second kappa shape index (κ2) is 4.80. The van der Waals surface area contributed by atoms with Crippen molar-refractivity contribution in [1.29, 1.82) is 5.41 Å². The summed E-state index contributed by atoms with van der Waals surface area (Å²) in [7, 11) is 1.37. The molecule has 0 radical (unpaired) electrons. The molecule has 21 heavy (non-hydrogen) atoms. The van der Waals surface area contributed by atoms with Gasteiger partial charge in [0.15, 0.2) is 5.84 Å². The van der Waals surface area contributed by atoms with Gasteiger partial charge in [-0.25, -0.2) is 10.0 Å². The van der Waals surface area contributed by atoms with Gasteiger partial charge in [0.25, 0.3) is 0 Å². The number of amides is 1. The van der Waals surface area contributed by atoms with Crippen LogP contribution in [0.2, 0.25) is 0 Å². The van der Waals surface area contributed by atoms with Crippen LogP contribution in [0.5, 0.6) is 0 Å². The van der Waals surface area contributed by atoms with Gasteiger partial charge in [0, 0.05) is 24.7 Å². The van der Waals surface area contributed by atoms with Crippen molar-refractivity contribution < 1.29 is 10.0 Å². The largest absolute Gasteiger partial charge is 0.310 e. The van der Waals surface area contributed by atoms with Gasteiger partial charge in [-0.2, -0.15) is 0 Å². The Bertz CT molecular complexity index is 562. The molecule has 1 saturated carbocycles. The van der Waals surface area contributed by atoms with Gasteiger partial charge in [0.2, 0.25) is 5.91 Å². The number of pyridine rings is 1. The van der Waals surface area contributed by atoms with Crippen LogP contribution in [0.4, 0.5) is 5.82 Å². The minimum atomic E-state index is -0.0511. The van der Waals surface area contributed by atoms with E-state index in [0.717, 1.165) is 0 Å². The van der Waals surface area contributed by atoms with Gasteiger partial charge in [-0.05, 0) is 23.0 Å². The lowest BCUT2D eigenvalue weighted by Gasteiger charge is -2.11. The fourth-order valence-corrected chi connectivity index (χ4v) is 2.84. The number of anilines is 1. The molecule has 0 saturated heterocycles. The van der Waals surface area contributed by atoms with Crippen molar-refractivity contribution in [2.24, 2.45) is 16.7 Å². The van der Waals surface area contributed by atoms with Gasteiger partial charge in [-0.1, -0.05) is 27.7 Å². The Morgan fingerprint density at radius 2 is 1.90 bits per heavy atom. The maximum absolute atomic E-state index is 12.3. The molecule has 0 unspecified atom stereocenters. The lowest BCUT2D eigenvalue weighted by atomic mass is 10.0. The predicted molar refractivity (Wildman–Crippen MR) is 80.3 cm³/mol. The topological polar surface area (TPSA) is 89.3 Å². The molecule has 0 bridgehead atoms. The van der Waals surface area contributed by atoms with Gasteiger partial charge >= 0.3 is 0 Å². The highest BCUT2D eigenvalue weighted by molar-refractivity contribution is 5.97. The standard InChI is InChI=1S/C15H22N4O2/c1-14(2)11(15(14,3)4)13(20)18-10-7-6-9(8-17-10)12(16)19(5)21/h6-8,11,16,21H,1-5H3,(H,17,18,20). The zero-order valence-corrected chi connectivity index (χ0v) is 13.1. The lowest BCUT2D eigenvalue weighted by Crippen LogP contribution is -2.23. The third-order valence-corrected chi connectivity index (χ3v) is 4.89. The van der Waals surface area contributed by atoms with Crippen molar-refractivity contribution in [1.82, 2.24) is 10.0 Å². The Morgan fingerprint density at radius 1 is 1.33 bits per heavy atom.